The summed E-state index contributed by atoms with van der Waals surface area (Å²) in [5, 5.41) is 3.16. The second-order valence-corrected chi connectivity index (χ2v) is 9.27. The Kier molecular flexibility index (Phi) is 5.49. The van der Waals surface area contributed by atoms with Gasteiger partial charge in [0.2, 0.25) is 0 Å². The maximum absolute atomic E-state index is 13.3. The third-order valence-corrected chi connectivity index (χ3v) is 7.30. The van der Waals surface area contributed by atoms with Crippen LogP contribution in [0.15, 0.2) is 52.8 Å². The van der Waals surface area contributed by atoms with E-state index in [2.05, 4.69) is 22.1 Å². The van der Waals surface area contributed by atoms with E-state index < -0.39 is 0 Å². The van der Waals surface area contributed by atoms with Crippen molar-refractivity contribution in [3.63, 3.8) is 0 Å². The van der Waals surface area contributed by atoms with Crippen LogP contribution in [-0.4, -0.2) is 44.4 Å². The molecule has 0 unspecified atom stereocenters. The highest BCUT2D eigenvalue weighted by Gasteiger charge is 2.35. The molecule has 0 saturated carbocycles. The number of pyridine rings is 1. The summed E-state index contributed by atoms with van der Waals surface area (Å²) < 4.78 is 3.27. The van der Waals surface area contributed by atoms with Crippen LogP contribution in [-0.2, 0) is 7.05 Å². The molecule has 0 spiro atoms. The standard InChI is InChI=1S/C24H26N6O2S/c1-4-16-12-29(20-11-10-18-23(27-20)33-14-25-18)13-19(16)26-22(31)21-15(2)28(3)30(24(21)32)17-8-6-5-7-9-17/h5-11,14,16,19H,4,12-13H2,1-3H3,(H,26,31)/t16-,19+/m0/s1. The Hall–Kier alpha value is -3.46. The van der Waals surface area contributed by atoms with Crippen molar-refractivity contribution in [2.45, 2.75) is 26.3 Å². The number of hydrogen-bond acceptors (Lipinski definition) is 6. The van der Waals surface area contributed by atoms with Crippen molar-refractivity contribution in [1.29, 1.82) is 0 Å². The molecule has 1 N–H and O–H groups in total. The van der Waals surface area contributed by atoms with Gasteiger partial charge in [0.25, 0.3) is 11.5 Å². The lowest BCUT2D eigenvalue weighted by atomic mass is 10.0. The first kappa shape index (κ1) is 21.4. The summed E-state index contributed by atoms with van der Waals surface area (Å²) in [6, 6.07) is 13.3. The zero-order valence-electron chi connectivity index (χ0n) is 18.9. The number of amides is 1. The van der Waals surface area contributed by atoms with E-state index in [0.717, 1.165) is 34.8 Å². The highest BCUT2D eigenvalue weighted by Crippen LogP contribution is 2.27. The molecular formula is C24H26N6O2S. The number of rotatable bonds is 5. The minimum Gasteiger partial charge on any atom is -0.354 e. The molecule has 0 aliphatic carbocycles. The summed E-state index contributed by atoms with van der Waals surface area (Å²) in [7, 11) is 1.80. The predicted octanol–water partition coefficient (Wildman–Crippen LogP) is 3.13. The van der Waals surface area contributed by atoms with Gasteiger partial charge in [-0.3, -0.25) is 14.3 Å². The Morgan fingerprint density at radius 3 is 2.73 bits per heavy atom. The summed E-state index contributed by atoms with van der Waals surface area (Å²) in [6.07, 6.45) is 0.923. The number of nitrogens with zero attached hydrogens (tertiary/aromatic N) is 5. The third kappa shape index (κ3) is 3.72. The highest BCUT2D eigenvalue weighted by molar-refractivity contribution is 7.16. The molecule has 8 nitrogen and oxygen atoms in total. The summed E-state index contributed by atoms with van der Waals surface area (Å²) in [5.41, 5.74) is 3.96. The van der Waals surface area contributed by atoms with Crippen molar-refractivity contribution in [1.82, 2.24) is 24.6 Å². The van der Waals surface area contributed by atoms with E-state index in [-0.39, 0.29) is 29.0 Å². The van der Waals surface area contributed by atoms with Gasteiger partial charge in [0.05, 0.1) is 22.9 Å². The minimum absolute atomic E-state index is 0.0642. The Morgan fingerprint density at radius 2 is 1.97 bits per heavy atom. The van der Waals surface area contributed by atoms with Crippen LogP contribution >= 0.6 is 11.3 Å². The van der Waals surface area contributed by atoms with E-state index in [1.165, 1.54) is 16.0 Å². The molecule has 5 rings (SSSR count). The molecule has 1 fully saturated rings. The largest absolute Gasteiger partial charge is 0.354 e. The molecule has 4 aromatic rings. The molecule has 1 aliphatic rings. The second kappa shape index (κ2) is 8.47. The first-order chi connectivity index (χ1) is 16.0. The molecule has 3 aromatic heterocycles. The van der Waals surface area contributed by atoms with E-state index >= 15 is 0 Å². The fourth-order valence-electron chi connectivity index (χ4n) is 4.62. The van der Waals surface area contributed by atoms with Gasteiger partial charge in [-0.1, -0.05) is 25.1 Å². The van der Waals surface area contributed by atoms with E-state index in [1.54, 1.807) is 17.2 Å². The molecule has 0 radical (unpaired) electrons. The average Bonchev–Trinajstić information content (AvgIpc) is 3.50. The molecule has 170 valence electrons. The minimum atomic E-state index is -0.320. The summed E-state index contributed by atoms with van der Waals surface area (Å²) in [5.74, 6) is 0.844. The van der Waals surface area contributed by atoms with E-state index in [1.807, 2.05) is 49.4 Å². The van der Waals surface area contributed by atoms with Crippen molar-refractivity contribution < 1.29 is 4.79 Å². The van der Waals surface area contributed by atoms with Gasteiger partial charge in [-0.25, -0.2) is 14.6 Å². The highest BCUT2D eigenvalue weighted by atomic mass is 32.1. The van der Waals surface area contributed by atoms with Gasteiger partial charge in [-0.15, -0.1) is 11.3 Å². The monoisotopic (exact) mass is 462 g/mol. The lowest BCUT2D eigenvalue weighted by Crippen LogP contribution is -2.42. The number of aromatic nitrogens is 4. The number of benzene rings is 1. The molecule has 1 aromatic carbocycles. The van der Waals surface area contributed by atoms with Gasteiger partial charge in [0.1, 0.15) is 21.7 Å². The fraction of sp³-hybridized carbons (Fsp3) is 0.333. The number of hydrogen-bond donors (Lipinski definition) is 1. The van der Waals surface area contributed by atoms with Crippen molar-refractivity contribution in [3.8, 4) is 5.69 Å². The first-order valence-corrected chi connectivity index (χ1v) is 12.0. The third-order valence-electron chi connectivity index (χ3n) is 6.57. The molecule has 2 atom stereocenters. The molecule has 1 aliphatic heterocycles. The maximum Gasteiger partial charge on any atom is 0.284 e. The average molecular weight is 463 g/mol. The maximum atomic E-state index is 13.3. The molecule has 4 heterocycles. The van der Waals surface area contributed by atoms with Crippen molar-refractivity contribution >= 4 is 33.4 Å². The Labute approximate surface area is 195 Å². The van der Waals surface area contributed by atoms with Crippen LogP contribution in [0.5, 0.6) is 0 Å². The number of carbonyl (C=O) groups is 1. The summed E-state index contributed by atoms with van der Waals surface area (Å²) >= 11 is 1.52. The topological polar surface area (TPSA) is 85.1 Å². The molecule has 1 amide bonds. The zero-order valence-corrected chi connectivity index (χ0v) is 19.7. The van der Waals surface area contributed by atoms with Crippen LogP contribution in [0.1, 0.15) is 29.4 Å². The van der Waals surface area contributed by atoms with Gasteiger partial charge in [0.15, 0.2) is 0 Å². The molecular weight excluding hydrogens is 436 g/mol. The number of anilines is 1. The number of nitrogens with one attached hydrogen (secondary N) is 1. The number of carbonyl (C=O) groups excluding carboxylic acids is 1. The van der Waals surface area contributed by atoms with Crippen LogP contribution in [0, 0.1) is 12.8 Å². The van der Waals surface area contributed by atoms with E-state index in [4.69, 9.17) is 4.98 Å². The normalized spacial score (nSPS) is 18.2. The van der Waals surface area contributed by atoms with Crippen LogP contribution in [0.4, 0.5) is 5.82 Å². The summed E-state index contributed by atoms with van der Waals surface area (Å²) in [4.78, 5) is 38.7. The summed E-state index contributed by atoms with van der Waals surface area (Å²) in [6.45, 7) is 5.40. The number of para-hydroxylation sites is 1. The van der Waals surface area contributed by atoms with Crippen molar-refractivity contribution in [2.75, 3.05) is 18.0 Å². The van der Waals surface area contributed by atoms with E-state index in [9.17, 15) is 9.59 Å². The first-order valence-electron chi connectivity index (χ1n) is 11.1. The smallest absolute Gasteiger partial charge is 0.284 e. The quantitative estimate of drug-likeness (QED) is 0.493. The molecule has 33 heavy (non-hydrogen) atoms. The van der Waals surface area contributed by atoms with Gasteiger partial charge >= 0.3 is 0 Å². The Morgan fingerprint density at radius 1 is 1.18 bits per heavy atom. The number of fused-ring (bicyclic) bond motifs is 1. The lowest BCUT2D eigenvalue weighted by molar-refractivity contribution is 0.0929. The van der Waals surface area contributed by atoms with Crippen LogP contribution in [0.3, 0.4) is 0 Å². The zero-order chi connectivity index (χ0) is 23.1. The van der Waals surface area contributed by atoms with Crippen molar-refractivity contribution in [2.24, 2.45) is 13.0 Å². The van der Waals surface area contributed by atoms with Gasteiger partial charge in [0, 0.05) is 20.1 Å². The predicted molar refractivity (Wildman–Crippen MR) is 130 cm³/mol. The van der Waals surface area contributed by atoms with Crippen molar-refractivity contribution in [3.05, 3.63) is 69.6 Å². The fourth-order valence-corrected chi connectivity index (χ4v) is 5.28. The lowest BCUT2D eigenvalue weighted by Gasteiger charge is -2.18. The Balaban J connectivity index is 1.40. The van der Waals surface area contributed by atoms with Gasteiger partial charge in [-0.2, -0.15) is 0 Å². The molecule has 1 saturated heterocycles. The van der Waals surface area contributed by atoms with Gasteiger partial charge < -0.3 is 10.2 Å². The Bertz CT molecular complexity index is 1370. The second-order valence-electron chi connectivity index (χ2n) is 8.44. The van der Waals surface area contributed by atoms with Crippen LogP contribution < -0.4 is 15.8 Å². The van der Waals surface area contributed by atoms with E-state index in [0.29, 0.717) is 12.2 Å². The number of thiazole rings is 1. The van der Waals surface area contributed by atoms with Gasteiger partial charge in [-0.05, 0) is 43.5 Å². The molecule has 0 bridgehead atoms. The molecule has 9 heteroatoms. The SMILES string of the molecule is CC[C@H]1CN(c2ccc3ncsc3n2)C[C@H]1NC(=O)c1c(C)n(C)n(-c2ccccc2)c1=O. The van der Waals surface area contributed by atoms with Crippen LogP contribution in [0.2, 0.25) is 0 Å². The van der Waals surface area contributed by atoms with Crippen LogP contribution in [0.25, 0.3) is 16.0 Å².